The quantitative estimate of drug-likeness (QED) is 0.756. The number of aryl methyl sites for hydroxylation is 1. The molecule has 1 unspecified atom stereocenters. The Morgan fingerprint density at radius 1 is 1.47 bits per heavy atom. The Kier molecular flexibility index (Phi) is 6.87. The summed E-state index contributed by atoms with van der Waals surface area (Å²) in [5.41, 5.74) is 2.07. The molecule has 1 amide bonds. The molecular weight excluding hydrogens is 308 g/mol. The van der Waals surface area contributed by atoms with E-state index in [1.165, 1.54) is 0 Å². The summed E-state index contributed by atoms with van der Waals surface area (Å²) in [6.07, 6.45) is 0.823. The number of halogens is 1. The van der Waals surface area contributed by atoms with Crippen LogP contribution in [0.5, 0.6) is 0 Å². The molecule has 0 heterocycles. The van der Waals surface area contributed by atoms with Crippen LogP contribution < -0.4 is 10.6 Å². The fourth-order valence-corrected chi connectivity index (χ4v) is 2.02. The van der Waals surface area contributed by atoms with Gasteiger partial charge in [0.15, 0.2) is 0 Å². The summed E-state index contributed by atoms with van der Waals surface area (Å²) >= 11 is 3.52. The Morgan fingerprint density at radius 3 is 2.89 bits per heavy atom. The van der Waals surface area contributed by atoms with E-state index >= 15 is 0 Å². The number of nitrogens with one attached hydrogen (secondary N) is 2. The standard InChI is InChI=1S/C14H21BrN2O2/c1-10-6-4-7-12(13(10)15)17-11(2)14(18)16-8-5-9-19-3/h4,6-7,11,17H,5,8-9H2,1-3H3,(H,16,18). The number of benzene rings is 1. The molecule has 1 atom stereocenters. The van der Waals surface area contributed by atoms with Gasteiger partial charge in [0.05, 0.1) is 0 Å². The minimum atomic E-state index is -0.277. The second-order valence-corrected chi connectivity index (χ2v) is 5.23. The fourth-order valence-electron chi connectivity index (χ4n) is 1.64. The van der Waals surface area contributed by atoms with Crippen LogP contribution in [0.25, 0.3) is 0 Å². The predicted octanol–water partition coefficient (Wildman–Crippen LogP) is 2.71. The first-order chi connectivity index (χ1) is 9.06. The van der Waals surface area contributed by atoms with Crippen LogP contribution in [0.3, 0.4) is 0 Å². The zero-order valence-corrected chi connectivity index (χ0v) is 13.2. The van der Waals surface area contributed by atoms with Crippen molar-refractivity contribution in [2.45, 2.75) is 26.3 Å². The van der Waals surface area contributed by atoms with Crippen LogP contribution in [0.15, 0.2) is 22.7 Å². The number of rotatable bonds is 7. The maximum absolute atomic E-state index is 11.9. The predicted molar refractivity (Wildman–Crippen MR) is 81.5 cm³/mol. The van der Waals surface area contributed by atoms with Gasteiger partial charge in [0, 0.05) is 30.4 Å². The van der Waals surface area contributed by atoms with E-state index in [0.29, 0.717) is 13.2 Å². The molecule has 0 radical (unpaired) electrons. The number of ether oxygens (including phenoxy) is 1. The Balaban J connectivity index is 2.47. The number of amides is 1. The van der Waals surface area contributed by atoms with Crippen LogP contribution in [0.2, 0.25) is 0 Å². The van der Waals surface area contributed by atoms with Crippen molar-refractivity contribution in [1.82, 2.24) is 5.32 Å². The van der Waals surface area contributed by atoms with E-state index in [0.717, 1.165) is 22.1 Å². The SMILES string of the molecule is COCCCNC(=O)C(C)Nc1cccc(C)c1Br. The van der Waals surface area contributed by atoms with E-state index in [1.54, 1.807) is 7.11 Å². The zero-order valence-electron chi connectivity index (χ0n) is 11.6. The molecule has 5 heteroatoms. The molecule has 0 aromatic heterocycles. The number of carbonyl (C=O) groups is 1. The van der Waals surface area contributed by atoms with Gasteiger partial charge in [-0.05, 0) is 47.8 Å². The van der Waals surface area contributed by atoms with E-state index in [2.05, 4.69) is 26.6 Å². The summed E-state index contributed by atoms with van der Waals surface area (Å²) in [7, 11) is 1.65. The second kappa shape index (κ2) is 8.17. The summed E-state index contributed by atoms with van der Waals surface area (Å²) in [6.45, 7) is 5.16. The molecule has 2 N–H and O–H groups in total. The second-order valence-electron chi connectivity index (χ2n) is 4.44. The molecule has 0 bridgehead atoms. The molecule has 0 aliphatic carbocycles. The number of hydrogen-bond acceptors (Lipinski definition) is 3. The van der Waals surface area contributed by atoms with Gasteiger partial charge >= 0.3 is 0 Å². The van der Waals surface area contributed by atoms with Gasteiger partial charge in [-0.25, -0.2) is 0 Å². The Morgan fingerprint density at radius 2 is 2.21 bits per heavy atom. The number of hydrogen-bond donors (Lipinski definition) is 2. The highest BCUT2D eigenvalue weighted by Crippen LogP contribution is 2.26. The monoisotopic (exact) mass is 328 g/mol. The molecular formula is C14H21BrN2O2. The third-order valence-electron chi connectivity index (χ3n) is 2.78. The zero-order chi connectivity index (χ0) is 14.3. The van der Waals surface area contributed by atoms with Crippen molar-refractivity contribution in [3.05, 3.63) is 28.2 Å². The number of carbonyl (C=O) groups excluding carboxylic acids is 1. The van der Waals surface area contributed by atoms with Gasteiger partial charge in [-0.2, -0.15) is 0 Å². The number of methoxy groups -OCH3 is 1. The number of anilines is 1. The van der Waals surface area contributed by atoms with E-state index in [9.17, 15) is 4.79 Å². The Hall–Kier alpha value is -1.07. The van der Waals surface area contributed by atoms with Gasteiger partial charge in [-0.3, -0.25) is 4.79 Å². The van der Waals surface area contributed by atoms with Gasteiger partial charge in [-0.1, -0.05) is 12.1 Å². The highest BCUT2D eigenvalue weighted by atomic mass is 79.9. The van der Waals surface area contributed by atoms with Crippen LogP contribution >= 0.6 is 15.9 Å². The van der Waals surface area contributed by atoms with E-state index < -0.39 is 0 Å². The van der Waals surface area contributed by atoms with Gasteiger partial charge in [-0.15, -0.1) is 0 Å². The maximum atomic E-state index is 11.9. The van der Waals surface area contributed by atoms with Crippen LogP contribution in [0.4, 0.5) is 5.69 Å². The van der Waals surface area contributed by atoms with Crippen molar-refractivity contribution in [3.8, 4) is 0 Å². The summed E-state index contributed by atoms with van der Waals surface area (Å²) in [4.78, 5) is 11.9. The van der Waals surface area contributed by atoms with Crippen molar-refractivity contribution in [2.75, 3.05) is 25.6 Å². The minimum absolute atomic E-state index is 0.00971. The van der Waals surface area contributed by atoms with Crippen LogP contribution in [-0.4, -0.2) is 32.2 Å². The molecule has 0 saturated heterocycles. The van der Waals surface area contributed by atoms with Crippen LogP contribution in [0.1, 0.15) is 18.9 Å². The topological polar surface area (TPSA) is 50.4 Å². The van der Waals surface area contributed by atoms with Gasteiger partial charge < -0.3 is 15.4 Å². The summed E-state index contributed by atoms with van der Waals surface area (Å²) in [5.74, 6) is -0.00971. The molecule has 19 heavy (non-hydrogen) atoms. The van der Waals surface area contributed by atoms with Crippen molar-refractivity contribution in [3.63, 3.8) is 0 Å². The highest BCUT2D eigenvalue weighted by molar-refractivity contribution is 9.10. The fraction of sp³-hybridized carbons (Fsp3) is 0.500. The average molecular weight is 329 g/mol. The van der Waals surface area contributed by atoms with Crippen LogP contribution in [-0.2, 0) is 9.53 Å². The molecule has 0 fully saturated rings. The van der Waals surface area contributed by atoms with Gasteiger partial charge in [0.25, 0.3) is 0 Å². The molecule has 1 aromatic rings. The molecule has 0 saturated carbocycles. The lowest BCUT2D eigenvalue weighted by Gasteiger charge is -2.17. The summed E-state index contributed by atoms with van der Waals surface area (Å²) < 4.78 is 5.93. The smallest absolute Gasteiger partial charge is 0.242 e. The van der Waals surface area contributed by atoms with E-state index in [4.69, 9.17) is 4.74 Å². The molecule has 106 valence electrons. The van der Waals surface area contributed by atoms with Crippen molar-refractivity contribution >= 4 is 27.5 Å². The third kappa shape index (κ3) is 5.20. The molecule has 0 spiro atoms. The third-order valence-corrected chi connectivity index (χ3v) is 3.83. The Bertz CT molecular complexity index is 424. The molecule has 0 aliphatic heterocycles. The normalized spacial score (nSPS) is 12.0. The van der Waals surface area contributed by atoms with Crippen molar-refractivity contribution in [1.29, 1.82) is 0 Å². The minimum Gasteiger partial charge on any atom is -0.385 e. The van der Waals surface area contributed by atoms with Crippen LogP contribution in [0, 0.1) is 6.92 Å². The first kappa shape index (κ1) is 16.0. The van der Waals surface area contributed by atoms with Gasteiger partial charge in [0.2, 0.25) is 5.91 Å². The largest absolute Gasteiger partial charge is 0.385 e. The van der Waals surface area contributed by atoms with Crippen molar-refractivity contribution in [2.24, 2.45) is 0 Å². The first-order valence-corrected chi connectivity index (χ1v) is 7.14. The molecule has 1 rings (SSSR count). The first-order valence-electron chi connectivity index (χ1n) is 6.34. The van der Waals surface area contributed by atoms with E-state index in [-0.39, 0.29) is 11.9 Å². The molecule has 4 nitrogen and oxygen atoms in total. The average Bonchev–Trinajstić information content (AvgIpc) is 2.39. The summed E-state index contributed by atoms with van der Waals surface area (Å²) in [5, 5.41) is 6.08. The lowest BCUT2D eigenvalue weighted by molar-refractivity contribution is -0.121. The highest BCUT2D eigenvalue weighted by Gasteiger charge is 2.13. The van der Waals surface area contributed by atoms with Gasteiger partial charge in [0.1, 0.15) is 6.04 Å². The molecule has 1 aromatic carbocycles. The van der Waals surface area contributed by atoms with Crippen molar-refractivity contribution < 1.29 is 9.53 Å². The van der Waals surface area contributed by atoms with E-state index in [1.807, 2.05) is 32.0 Å². The maximum Gasteiger partial charge on any atom is 0.242 e. The Labute approximate surface area is 123 Å². The molecule has 0 aliphatic rings. The summed E-state index contributed by atoms with van der Waals surface area (Å²) in [6, 6.07) is 5.66. The lowest BCUT2D eigenvalue weighted by atomic mass is 10.2. The lowest BCUT2D eigenvalue weighted by Crippen LogP contribution is -2.38.